The number of nitriles is 1. The average molecular weight is 461 g/mol. The van der Waals surface area contributed by atoms with Gasteiger partial charge in [0.2, 0.25) is 5.88 Å². The summed E-state index contributed by atoms with van der Waals surface area (Å²) in [7, 11) is 0. The Hall–Kier alpha value is -2.99. The number of hydrogen-bond donors (Lipinski definition) is 1. The molecule has 8 nitrogen and oxygen atoms in total. The zero-order valence-electron chi connectivity index (χ0n) is 16.2. The normalized spacial score (nSPS) is 11.0. The second-order valence-corrected chi connectivity index (χ2v) is 7.37. The number of pyridine rings is 1. The minimum absolute atomic E-state index is 0.0393. The van der Waals surface area contributed by atoms with Gasteiger partial charge in [0.1, 0.15) is 11.6 Å². The Morgan fingerprint density at radius 3 is 2.69 bits per heavy atom. The smallest absolute Gasteiger partial charge is 0.271 e. The average Bonchev–Trinajstić information content (AvgIpc) is 2.68. The molecule has 0 atom stereocenters. The quantitative estimate of drug-likeness (QED) is 0.264. The fraction of sp³-hybridized carbons (Fsp3) is 0.350. The minimum Gasteiger partial charge on any atom is -0.494 e. The Morgan fingerprint density at radius 2 is 2.10 bits per heavy atom. The van der Waals surface area contributed by atoms with Gasteiger partial charge < -0.3 is 5.11 Å². The summed E-state index contributed by atoms with van der Waals surface area (Å²) in [6, 6.07) is 6.03. The van der Waals surface area contributed by atoms with Gasteiger partial charge in [0.25, 0.3) is 11.2 Å². The highest BCUT2D eigenvalue weighted by atomic mass is 79.9. The number of hydrogen-bond acceptors (Lipinski definition) is 6. The molecule has 0 aliphatic carbocycles. The van der Waals surface area contributed by atoms with Gasteiger partial charge in [0.15, 0.2) is 0 Å². The highest BCUT2D eigenvalue weighted by molar-refractivity contribution is 9.10. The van der Waals surface area contributed by atoms with Crippen molar-refractivity contribution < 1.29 is 10.0 Å². The lowest BCUT2D eigenvalue weighted by molar-refractivity contribution is -0.384. The molecule has 152 valence electrons. The molecule has 0 saturated heterocycles. The van der Waals surface area contributed by atoms with Crippen LogP contribution in [0, 0.1) is 28.4 Å². The van der Waals surface area contributed by atoms with E-state index < -0.39 is 10.5 Å². The van der Waals surface area contributed by atoms with Gasteiger partial charge in [0.05, 0.1) is 16.2 Å². The molecule has 0 aliphatic rings. The molecule has 1 aromatic heterocycles. The maximum atomic E-state index is 12.6. The number of nitrogens with zero attached hydrogens (tertiary/aromatic N) is 4. The molecular weight excluding hydrogens is 440 g/mol. The van der Waals surface area contributed by atoms with Crippen molar-refractivity contribution in [2.45, 2.75) is 46.1 Å². The van der Waals surface area contributed by atoms with Gasteiger partial charge in [-0.3, -0.25) is 24.5 Å². The van der Waals surface area contributed by atoms with Crippen molar-refractivity contribution in [1.29, 1.82) is 5.26 Å². The molecule has 0 aliphatic heterocycles. The van der Waals surface area contributed by atoms with E-state index in [9.17, 15) is 25.3 Å². The first kappa shape index (κ1) is 22.3. The van der Waals surface area contributed by atoms with E-state index in [-0.39, 0.29) is 22.7 Å². The van der Waals surface area contributed by atoms with Crippen LogP contribution in [0.4, 0.5) is 11.4 Å². The van der Waals surface area contributed by atoms with Gasteiger partial charge in [-0.2, -0.15) is 5.26 Å². The minimum atomic E-state index is -0.521. The number of aromatic hydroxyl groups is 1. The Bertz CT molecular complexity index is 1050. The van der Waals surface area contributed by atoms with Crippen LogP contribution in [0.25, 0.3) is 0 Å². The Kier molecular flexibility index (Phi) is 7.67. The third kappa shape index (κ3) is 5.09. The van der Waals surface area contributed by atoms with E-state index in [0.29, 0.717) is 28.7 Å². The molecule has 1 N–H and O–H groups in total. The van der Waals surface area contributed by atoms with E-state index in [2.05, 4.69) is 27.8 Å². The molecule has 2 rings (SSSR count). The molecule has 1 heterocycles. The first-order valence-corrected chi connectivity index (χ1v) is 9.95. The first-order valence-electron chi connectivity index (χ1n) is 9.16. The van der Waals surface area contributed by atoms with Gasteiger partial charge in [0, 0.05) is 29.4 Å². The van der Waals surface area contributed by atoms with E-state index >= 15 is 0 Å². The maximum Gasteiger partial charge on any atom is 0.271 e. The van der Waals surface area contributed by atoms with E-state index in [1.165, 1.54) is 29.0 Å². The summed E-state index contributed by atoms with van der Waals surface area (Å²) in [5.74, 6) is -0.246. The summed E-state index contributed by atoms with van der Waals surface area (Å²) in [5, 5.41) is 30.9. The lowest BCUT2D eigenvalue weighted by Gasteiger charge is -2.14. The van der Waals surface area contributed by atoms with Gasteiger partial charge in [-0.1, -0.05) is 26.2 Å². The fourth-order valence-electron chi connectivity index (χ4n) is 2.88. The predicted octanol–water partition coefficient (Wildman–Crippen LogP) is 4.74. The monoisotopic (exact) mass is 460 g/mol. The number of benzene rings is 1. The van der Waals surface area contributed by atoms with Crippen LogP contribution in [0.3, 0.4) is 0 Å². The molecule has 0 amide bonds. The number of rotatable bonds is 8. The number of halogens is 1. The summed E-state index contributed by atoms with van der Waals surface area (Å²) in [6.45, 7) is 3.96. The van der Waals surface area contributed by atoms with Crippen LogP contribution in [0.1, 0.15) is 49.3 Å². The number of unbranched alkanes of at least 4 members (excludes halogenated alkanes) is 3. The number of non-ortho nitro benzene ring substituents is 1. The molecule has 0 saturated carbocycles. The SMILES string of the molecule is CCCCCCn1c(O)c(C=Nc2ccc([N+](=O)[O-])cc2Br)c(C)c(C#N)c1=O. The molecule has 0 bridgehead atoms. The zero-order chi connectivity index (χ0) is 21.6. The number of nitro groups is 1. The summed E-state index contributed by atoms with van der Waals surface area (Å²) < 4.78 is 1.61. The van der Waals surface area contributed by atoms with Crippen LogP contribution in [0.2, 0.25) is 0 Å². The van der Waals surface area contributed by atoms with Crippen molar-refractivity contribution >= 4 is 33.5 Å². The summed E-state index contributed by atoms with van der Waals surface area (Å²) in [4.78, 5) is 27.2. The molecule has 2 aromatic rings. The lowest BCUT2D eigenvalue weighted by Crippen LogP contribution is -2.25. The third-order valence-electron chi connectivity index (χ3n) is 4.56. The van der Waals surface area contributed by atoms with Crippen LogP contribution in [0.15, 0.2) is 32.5 Å². The largest absolute Gasteiger partial charge is 0.494 e. The topological polar surface area (TPSA) is 122 Å². The van der Waals surface area contributed by atoms with Gasteiger partial charge in [-0.15, -0.1) is 0 Å². The standard InChI is InChI=1S/C20H21BrN4O4/c1-3-4-5-6-9-24-19(26)15(11-22)13(2)16(20(24)27)12-23-18-8-7-14(25(28)29)10-17(18)21/h7-8,10,12,27H,3-6,9H2,1-2H3. The first-order chi connectivity index (χ1) is 13.8. The van der Waals surface area contributed by atoms with E-state index in [4.69, 9.17) is 0 Å². The summed E-state index contributed by atoms with van der Waals surface area (Å²) >= 11 is 3.24. The van der Waals surface area contributed by atoms with Crippen molar-refractivity contribution in [2.75, 3.05) is 0 Å². The van der Waals surface area contributed by atoms with Crippen LogP contribution in [0.5, 0.6) is 5.88 Å². The van der Waals surface area contributed by atoms with Crippen molar-refractivity contribution in [2.24, 2.45) is 4.99 Å². The molecule has 0 radical (unpaired) electrons. The summed E-state index contributed by atoms with van der Waals surface area (Å²) in [6.07, 6.45) is 5.05. The molecule has 0 spiro atoms. The Labute approximate surface area is 176 Å². The van der Waals surface area contributed by atoms with Gasteiger partial charge in [-0.25, -0.2) is 0 Å². The lowest BCUT2D eigenvalue weighted by atomic mass is 10.1. The number of aromatic nitrogens is 1. The third-order valence-corrected chi connectivity index (χ3v) is 5.19. The van der Waals surface area contributed by atoms with Crippen molar-refractivity contribution in [3.05, 3.63) is 59.8 Å². The van der Waals surface area contributed by atoms with Crippen LogP contribution >= 0.6 is 15.9 Å². The van der Waals surface area contributed by atoms with Crippen molar-refractivity contribution in [3.63, 3.8) is 0 Å². The van der Waals surface area contributed by atoms with Crippen LogP contribution in [-0.2, 0) is 6.54 Å². The molecule has 29 heavy (non-hydrogen) atoms. The highest BCUT2D eigenvalue weighted by Gasteiger charge is 2.18. The predicted molar refractivity (Wildman–Crippen MR) is 114 cm³/mol. The summed E-state index contributed by atoms with van der Waals surface area (Å²) in [5.41, 5.74) is 0.370. The second kappa shape index (κ2) is 9.98. The number of aliphatic imine (C=N–C) groups is 1. The van der Waals surface area contributed by atoms with Gasteiger partial charge >= 0.3 is 0 Å². The Morgan fingerprint density at radius 1 is 1.38 bits per heavy atom. The molecule has 9 heteroatoms. The molecular formula is C20H21BrN4O4. The molecule has 1 aromatic carbocycles. The fourth-order valence-corrected chi connectivity index (χ4v) is 3.35. The van der Waals surface area contributed by atoms with E-state index in [1.54, 1.807) is 6.92 Å². The highest BCUT2D eigenvalue weighted by Crippen LogP contribution is 2.30. The van der Waals surface area contributed by atoms with E-state index in [0.717, 1.165) is 19.3 Å². The van der Waals surface area contributed by atoms with Crippen LogP contribution < -0.4 is 5.56 Å². The van der Waals surface area contributed by atoms with Gasteiger partial charge in [-0.05, 0) is 40.9 Å². The van der Waals surface area contributed by atoms with Crippen molar-refractivity contribution in [3.8, 4) is 11.9 Å². The Balaban J connectivity index is 2.47. The maximum absolute atomic E-state index is 12.6. The zero-order valence-corrected chi connectivity index (χ0v) is 17.8. The van der Waals surface area contributed by atoms with Crippen LogP contribution in [-0.4, -0.2) is 20.8 Å². The second-order valence-electron chi connectivity index (χ2n) is 6.52. The molecule has 0 unspecified atom stereocenters. The molecule has 0 fully saturated rings. The van der Waals surface area contributed by atoms with Crippen molar-refractivity contribution in [1.82, 2.24) is 4.57 Å². The number of nitro benzene ring substituents is 1. The van der Waals surface area contributed by atoms with E-state index in [1.807, 2.05) is 6.07 Å².